The maximum absolute atomic E-state index is 3.53. The number of benzene rings is 2. The second-order valence-corrected chi connectivity index (χ2v) is 8.33. The van der Waals surface area contributed by atoms with Crippen LogP contribution in [0.5, 0.6) is 0 Å². The molecular formula is C21H25Cl2Cr. The fraction of sp³-hybridized carbons (Fsp3) is 0.429. The Hall–Kier alpha value is -0.448. The minimum atomic E-state index is 0. The molecule has 1 radical (unpaired) electrons. The van der Waals surface area contributed by atoms with Crippen LogP contribution in [0.25, 0.3) is 11.1 Å². The summed E-state index contributed by atoms with van der Waals surface area (Å²) >= 11 is 0. The predicted molar refractivity (Wildman–Crippen MR) is 90.9 cm³/mol. The van der Waals surface area contributed by atoms with Gasteiger partial charge in [0.1, 0.15) is 0 Å². The fourth-order valence-corrected chi connectivity index (χ4v) is 2.98. The van der Waals surface area contributed by atoms with Gasteiger partial charge in [-0.25, -0.2) is 0 Å². The summed E-state index contributed by atoms with van der Waals surface area (Å²) in [7, 11) is 0. The zero-order chi connectivity index (χ0) is 15.4. The zero-order valence-corrected chi connectivity index (χ0v) is 18.0. The first kappa shape index (κ1) is 23.6. The normalized spacial score (nSPS) is 12.2. The molecule has 0 heterocycles. The molecule has 0 unspecified atom stereocenters. The van der Waals surface area contributed by atoms with E-state index in [2.05, 4.69) is 77.9 Å². The molecule has 0 saturated carbocycles. The van der Waals surface area contributed by atoms with Gasteiger partial charge in [0.15, 0.2) is 0 Å². The number of hydrogen-bond acceptors (Lipinski definition) is 0. The molecule has 3 heteroatoms. The van der Waals surface area contributed by atoms with E-state index in [0.29, 0.717) is 0 Å². The molecule has 3 rings (SSSR count). The maximum atomic E-state index is 3.53. The van der Waals surface area contributed by atoms with Crippen LogP contribution in [0.3, 0.4) is 0 Å². The molecule has 0 bridgehead atoms. The van der Waals surface area contributed by atoms with E-state index in [4.69, 9.17) is 0 Å². The summed E-state index contributed by atoms with van der Waals surface area (Å²) in [6, 6.07) is 15.1. The van der Waals surface area contributed by atoms with Crippen molar-refractivity contribution in [3.05, 3.63) is 58.7 Å². The summed E-state index contributed by atoms with van der Waals surface area (Å²) in [4.78, 5) is 0. The van der Waals surface area contributed by atoms with Crippen LogP contribution in [-0.4, -0.2) is 0 Å². The number of halogens is 2. The Morgan fingerprint density at radius 3 is 1.88 bits per heavy atom. The Morgan fingerprint density at radius 1 is 0.792 bits per heavy atom. The first-order valence-corrected chi connectivity index (χ1v) is 7.85. The fourth-order valence-electron chi connectivity index (χ4n) is 2.98. The molecule has 0 N–H and O–H groups in total. The minimum absolute atomic E-state index is 0. The predicted octanol–water partition coefficient (Wildman–Crippen LogP) is -0.342. The summed E-state index contributed by atoms with van der Waals surface area (Å²) in [6.07, 6.45) is 1.03. The molecule has 0 nitrogen and oxygen atoms in total. The van der Waals surface area contributed by atoms with E-state index < -0.39 is 0 Å². The van der Waals surface area contributed by atoms with Gasteiger partial charge < -0.3 is 24.8 Å². The molecule has 0 aliphatic heterocycles. The van der Waals surface area contributed by atoms with Crippen molar-refractivity contribution >= 4 is 0 Å². The van der Waals surface area contributed by atoms with Crippen molar-refractivity contribution in [1.82, 2.24) is 0 Å². The molecule has 0 aromatic heterocycles. The van der Waals surface area contributed by atoms with E-state index in [-0.39, 0.29) is 53.0 Å². The average Bonchev–Trinajstić information content (AvgIpc) is 2.73. The van der Waals surface area contributed by atoms with E-state index >= 15 is 0 Å². The van der Waals surface area contributed by atoms with Crippen molar-refractivity contribution in [1.29, 1.82) is 0 Å². The molecule has 2 aromatic carbocycles. The molecule has 0 amide bonds. The van der Waals surface area contributed by atoms with Crippen LogP contribution in [-0.2, 0) is 34.6 Å². The van der Waals surface area contributed by atoms with E-state index in [1.807, 2.05) is 0 Å². The van der Waals surface area contributed by atoms with Gasteiger partial charge in [-0.1, -0.05) is 76.3 Å². The first-order chi connectivity index (χ1) is 9.66. The standard InChI is InChI=1S/C21H25.2ClH.Cr/c1-20(2,3)16-9-7-14-11-15-8-10-17(21(4,5)6)13-19(15)18(14)12-16;;;/h7,9-10,12-13H,11H2,1-6H3;2*1H;/q-1;;;+3/p-2. The zero-order valence-electron chi connectivity index (χ0n) is 15.3. The molecule has 0 fully saturated rings. The van der Waals surface area contributed by atoms with E-state index in [1.54, 1.807) is 0 Å². The van der Waals surface area contributed by atoms with Gasteiger partial charge in [0.2, 0.25) is 0 Å². The number of rotatable bonds is 0. The van der Waals surface area contributed by atoms with Gasteiger partial charge in [0.05, 0.1) is 0 Å². The number of hydrogen-bond donors (Lipinski definition) is 0. The van der Waals surface area contributed by atoms with Crippen LogP contribution in [0.15, 0.2) is 30.3 Å². The van der Waals surface area contributed by atoms with E-state index in [0.717, 1.165) is 6.42 Å². The molecule has 1 aliphatic rings. The third kappa shape index (κ3) is 4.39. The van der Waals surface area contributed by atoms with Crippen molar-refractivity contribution in [2.24, 2.45) is 0 Å². The molecular weight excluding hydrogens is 375 g/mol. The molecule has 129 valence electrons. The molecule has 2 aromatic rings. The molecule has 24 heavy (non-hydrogen) atoms. The van der Waals surface area contributed by atoms with Crippen molar-refractivity contribution < 1.29 is 42.2 Å². The van der Waals surface area contributed by atoms with Crippen molar-refractivity contribution in [2.45, 2.75) is 58.8 Å². The van der Waals surface area contributed by atoms with Gasteiger partial charge in [-0.15, -0.1) is 5.56 Å². The third-order valence-corrected chi connectivity index (χ3v) is 4.53. The Labute approximate surface area is 170 Å². The topological polar surface area (TPSA) is 0 Å². The van der Waals surface area contributed by atoms with Gasteiger partial charge in [-0.2, -0.15) is 29.3 Å². The van der Waals surface area contributed by atoms with Crippen molar-refractivity contribution in [3.8, 4) is 11.1 Å². The van der Waals surface area contributed by atoms with Gasteiger partial charge in [-0.3, -0.25) is 0 Å². The van der Waals surface area contributed by atoms with Gasteiger partial charge in [-0.05, 0) is 17.4 Å². The largest absolute Gasteiger partial charge is 3.00 e. The minimum Gasteiger partial charge on any atom is -1.00 e. The van der Waals surface area contributed by atoms with Crippen molar-refractivity contribution in [3.63, 3.8) is 0 Å². The molecule has 0 atom stereocenters. The van der Waals surface area contributed by atoms with Gasteiger partial charge in [0.25, 0.3) is 0 Å². The number of fused-ring (bicyclic) bond motifs is 3. The van der Waals surface area contributed by atoms with Crippen LogP contribution in [0, 0.1) is 6.07 Å². The van der Waals surface area contributed by atoms with Crippen molar-refractivity contribution in [2.75, 3.05) is 0 Å². The molecule has 1 aliphatic carbocycles. The summed E-state index contributed by atoms with van der Waals surface area (Å²) in [5, 5.41) is 0. The second-order valence-electron chi connectivity index (χ2n) is 8.33. The summed E-state index contributed by atoms with van der Waals surface area (Å²) in [5.74, 6) is 0. The van der Waals surface area contributed by atoms with Crippen LogP contribution < -0.4 is 24.8 Å². The van der Waals surface area contributed by atoms with E-state index in [1.165, 1.54) is 33.4 Å². The Balaban J connectivity index is 0.00000176. The molecule has 0 saturated heterocycles. The Bertz CT molecular complexity index is 645. The summed E-state index contributed by atoms with van der Waals surface area (Å²) in [6.45, 7) is 13.6. The van der Waals surface area contributed by atoms with Crippen LogP contribution in [0.2, 0.25) is 0 Å². The average molecular weight is 400 g/mol. The Morgan fingerprint density at radius 2 is 1.33 bits per heavy atom. The maximum Gasteiger partial charge on any atom is 3.00 e. The monoisotopic (exact) mass is 399 g/mol. The van der Waals surface area contributed by atoms with Gasteiger partial charge in [0, 0.05) is 0 Å². The van der Waals surface area contributed by atoms with Gasteiger partial charge >= 0.3 is 17.4 Å². The summed E-state index contributed by atoms with van der Waals surface area (Å²) in [5.41, 5.74) is 8.76. The third-order valence-electron chi connectivity index (χ3n) is 4.53. The SMILES string of the molecule is CC(C)(C)c1c[c-]c2c(c1)-c1cc(C(C)(C)C)ccc1C2.[Cl-].[Cl-].[Cr+3]. The van der Waals surface area contributed by atoms with Crippen LogP contribution in [0.1, 0.15) is 63.8 Å². The van der Waals surface area contributed by atoms with Crippen LogP contribution in [0.4, 0.5) is 0 Å². The summed E-state index contributed by atoms with van der Waals surface area (Å²) < 4.78 is 0. The first-order valence-electron chi connectivity index (χ1n) is 7.85. The Kier molecular flexibility index (Phi) is 7.69. The van der Waals surface area contributed by atoms with E-state index in [9.17, 15) is 0 Å². The smallest absolute Gasteiger partial charge is 1.00 e. The molecule has 0 spiro atoms. The second kappa shape index (κ2) is 7.84. The van der Waals surface area contributed by atoms with Crippen LogP contribution >= 0.6 is 0 Å². The quantitative estimate of drug-likeness (QED) is 0.453.